The average molecular weight is 671 g/mol. The molecule has 2 aromatic carbocycles. The summed E-state index contributed by atoms with van der Waals surface area (Å²) in [4.78, 5) is 11.4. The standard InChI is InChI=1S/C20H19FN4.4ClH.Pt/c1-24(2)11-12-25-18-9-8-15(21)13-17(18)23-20(25)16-7-3-5-14-6-4-10-22-19(14)16;;;;;/h3-10,13H,11-12H2,1-2H3;4*1H;/q;;;;;+4/p-4. The number of aromatic nitrogens is 3. The average Bonchev–Trinajstić information content (AvgIpc) is 3.01. The van der Waals surface area contributed by atoms with Crippen molar-refractivity contribution in [1.29, 1.82) is 0 Å². The van der Waals surface area contributed by atoms with Gasteiger partial charge in [0.1, 0.15) is 11.6 Å². The minimum atomic E-state index is -3.06. The Bertz CT molecular complexity index is 1150. The van der Waals surface area contributed by atoms with Gasteiger partial charge in [0.15, 0.2) is 0 Å². The van der Waals surface area contributed by atoms with Crippen molar-refractivity contribution in [2.24, 2.45) is 0 Å². The normalized spacial score (nSPS) is 12.3. The van der Waals surface area contributed by atoms with Crippen LogP contribution >= 0.6 is 37.7 Å². The SMILES string of the molecule is CN(C)CCn1c(-c2cccc3cccnc23)nc2cc(F)ccc21.[Cl][Pt]([Cl])([Cl])[Cl]. The Labute approximate surface area is 193 Å². The number of rotatable bonds is 4. The molecule has 2 heterocycles. The zero-order chi connectivity index (χ0) is 21.9. The van der Waals surface area contributed by atoms with Crippen LogP contribution in [0.3, 0.4) is 0 Å². The first-order chi connectivity index (χ1) is 14.1. The van der Waals surface area contributed by atoms with E-state index in [-0.39, 0.29) is 5.82 Å². The molecule has 30 heavy (non-hydrogen) atoms. The van der Waals surface area contributed by atoms with Gasteiger partial charge in [0.2, 0.25) is 0 Å². The van der Waals surface area contributed by atoms with Gasteiger partial charge in [0.05, 0.1) is 16.6 Å². The maximum atomic E-state index is 13.7. The topological polar surface area (TPSA) is 34.0 Å². The molecule has 0 N–H and O–H groups in total. The second-order valence-electron chi connectivity index (χ2n) is 6.68. The molecule has 0 saturated carbocycles. The van der Waals surface area contributed by atoms with Crippen LogP contribution in [0, 0.1) is 5.82 Å². The molecule has 0 aliphatic rings. The molecule has 0 fully saturated rings. The Morgan fingerprint density at radius 3 is 2.43 bits per heavy atom. The summed E-state index contributed by atoms with van der Waals surface area (Å²) in [6.45, 7) is 1.64. The van der Waals surface area contributed by atoms with Crippen molar-refractivity contribution in [1.82, 2.24) is 19.4 Å². The van der Waals surface area contributed by atoms with E-state index in [1.165, 1.54) is 12.1 Å². The molecule has 4 nitrogen and oxygen atoms in total. The quantitative estimate of drug-likeness (QED) is 0.242. The van der Waals surface area contributed by atoms with Gasteiger partial charge in [-0.15, -0.1) is 0 Å². The van der Waals surface area contributed by atoms with E-state index in [2.05, 4.69) is 14.5 Å². The summed E-state index contributed by atoms with van der Waals surface area (Å²) in [5.41, 5.74) is 3.48. The first-order valence-electron chi connectivity index (χ1n) is 8.76. The molecule has 0 aliphatic heterocycles. The van der Waals surface area contributed by atoms with Crippen molar-refractivity contribution in [3.63, 3.8) is 0 Å². The Hall–Kier alpha value is -0.942. The molecule has 0 aliphatic carbocycles. The molecule has 10 heteroatoms. The monoisotopic (exact) mass is 669 g/mol. The molecular weight excluding hydrogens is 652 g/mol. The van der Waals surface area contributed by atoms with Crippen LogP contribution in [0.5, 0.6) is 0 Å². The van der Waals surface area contributed by atoms with E-state index in [1.54, 1.807) is 12.3 Å². The number of pyridine rings is 1. The van der Waals surface area contributed by atoms with Crippen molar-refractivity contribution >= 4 is 59.6 Å². The molecule has 0 spiro atoms. The van der Waals surface area contributed by atoms with Crippen molar-refractivity contribution < 1.29 is 16.3 Å². The number of likely N-dealkylation sites (N-methyl/N-ethyl adjacent to an activating group) is 1. The third kappa shape index (κ3) is 6.29. The molecule has 0 unspecified atom stereocenters. The summed E-state index contributed by atoms with van der Waals surface area (Å²) >= 11 is -3.06. The number of nitrogens with zero attached hydrogens (tertiary/aromatic N) is 4. The van der Waals surface area contributed by atoms with E-state index in [1.807, 2.05) is 44.4 Å². The van der Waals surface area contributed by atoms with E-state index in [0.29, 0.717) is 5.52 Å². The summed E-state index contributed by atoms with van der Waals surface area (Å²) in [5.74, 6) is 0.555. The van der Waals surface area contributed by atoms with Crippen LogP contribution in [0.4, 0.5) is 4.39 Å². The van der Waals surface area contributed by atoms with E-state index in [4.69, 9.17) is 42.7 Å². The second kappa shape index (κ2) is 10.1. The second-order valence-corrected chi connectivity index (χ2v) is 26.4. The van der Waals surface area contributed by atoms with Gasteiger partial charge in [-0.05, 0) is 38.4 Å². The zero-order valence-corrected chi connectivity index (χ0v) is 21.4. The van der Waals surface area contributed by atoms with Gasteiger partial charge < -0.3 is 9.47 Å². The molecule has 4 aromatic rings. The first-order valence-corrected chi connectivity index (χ1v) is 20.0. The summed E-state index contributed by atoms with van der Waals surface area (Å²) in [6, 6.07) is 14.8. The first kappa shape index (κ1) is 23.7. The van der Waals surface area contributed by atoms with Gasteiger partial charge in [-0.2, -0.15) is 0 Å². The third-order valence-electron chi connectivity index (χ3n) is 4.35. The predicted octanol–water partition coefficient (Wildman–Crippen LogP) is 6.71. The van der Waals surface area contributed by atoms with Crippen molar-refractivity contribution in [2.45, 2.75) is 6.54 Å². The van der Waals surface area contributed by atoms with Gasteiger partial charge in [-0.3, -0.25) is 4.98 Å². The van der Waals surface area contributed by atoms with Crippen molar-refractivity contribution in [3.05, 3.63) is 60.5 Å². The van der Waals surface area contributed by atoms with Crippen LogP contribution in [0.1, 0.15) is 0 Å². The summed E-state index contributed by atoms with van der Waals surface area (Å²) < 4.78 is 15.8. The zero-order valence-electron chi connectivity index (χ0n) is 16.1. The van der Waals surface area contributed by atoms with Crippen LogP contribution in [0.25, 0.3) is 33.3 Å². The van der Waals surface area contributed by atoms with E-state index in [0.717, 1.165) is 40.9 Å². The molecule has 0 atom stereocenters. The Morgan fingerprint density at radius 1 is 1.03 bits per heavy atom. The van der Waals surface area contributed by atoms with Gasteiger partial charge >= 0.3 is 49.6 Å². The Balaban J connectivity index is 0.000000461. The van der Waals surface area contributed by atoms with Crippen LogP contribution in [-0.2, 0) is 18.4 Å². The minimum absolute atomic E-state index is 0.271. The number of halogens is 5. The molecule has 164 valence electrons. The predicted molar refractivity (Wildman–Crippen MR) is 122 cm³/mol. The third-order valence-corrected chi connectivity index (χ3v) is 4.35. The van der Waals surface area contributed by atoms with Crippen LogP contribution in [0.15, 0.2) is 54.7 Å². The fraction of sp³-hybridized carbons (Fsp3) is 0.200. The molecule has 4 rings (SSSR count). The summed E-state index contributed by atoms with van der Waals surface area (Å²) in [6.07, 6.45) is 1.79. The maximum absolute atomic E-state index is 13.7. The summed E-state index contributed by atoms with van der Waals surface area (Å²) in [5, 5.41) is 1.07. The molecule has 0 radical (unpaired) electrons. The molecule has 0 amide bonds. The number of imidazole rings is 1. The van der Waals surface area contributed by atoms with Gasteiger partial charge in [0, 0.05) is 36.3 Å². The fourth-order valence-electron chi connectivity index (χ4n) is 3.12. The molecular formula is C20H19Cl4FN4Pt. The van der Waals surface area contributed by atoms with Gasteiger partial charge in [-0.25, -0.2) is 9.37 Å². The van der Waals surface area contributed by atoms with E-state index >= 15 is 0 Å². The molecule has 0 saturated heterocycles. The number of para-hydroxylation sites is 1. The van der Waals surface area contributed by atoms with Crippen LogP contribution in [0.2, 0.25) is 0 Å². The number of hydrogen-bond donors (Lipinski definition) is 0. The van der Waals surface area contributed by atoms with Crippen molar-refractivity contribution in [2.75, 3.05) is 20.6 Å². The Morgan fingerprint density at radius 2 is 1.73 bits per heavy atom. The fourth-order valence-corrected chi connectivity index (χ4v) is 3.12. The van der Waals surface area contributed by atoms with Crippen LogP contribution < -0.4 is 0 Å². The van der Waals surface area contributed by atoms with E-state index < -0.39 is 11.9 Å². The van der Waals surface area contributed by atoms with Gasteiger partial charge in [-0.1, -0.05) is 18.2 Å². The number of hydrogen-bond acceptors (Lipinski definition) is 3. The Kier molecular flexibility index (Phi) is 8.00. The number of benzene rings is 2. The number of fused-ring (bicyclic) bond motifs is 2. The van der Waals surface area contributed by atoms with Gasteiger partial charge in [0.25, 0.3) is 0 Å². The summed E-state index contributed by atoms with van der Waals surface area (Å²) in [7, 11) is 24.1. The molecule has 0 bridgehead atoms. The van der Waals surface area contributed by atoms with E-state index in [9.17, 15) is 4.39 Å². The van der Waals surface area contributed by atoms with Crippen molar-refractivity contribution in [3.8, 4) is 11.4 Å². The van der Waals surface area contributed by atoms with Crippen LogP contribution in [-0.4, -0.2) is 40.1 Å². The molecule has 2 aromatic heterocycles.